The average Bonchev–Trinajstić information content (AvgIpc) is 2.25. The van der Waals surface area contributed by atoms with Gasteiger partial charge in [-0.2, -0.15) is 0 Å². The molecule has 0 fully saturated rings. The van der Waals surface area contributed by atoms with Crippen LogP contribution in [0.3, 0.4) is 0 Å². The van der Waals surface area contributed by atoms with Crippen molar-refractivity contribution in [2.24, 2.45) is 5.14 Å². The van der Waals surface area contributed by atoms with Crippen molar-refractivity contribution >= 4 is 16.0 Å². The summed E-state index contributed by atoms with van der Waals surface area (Å²) in [4.78, 5) is 11.6. The molecule has 20 heavy (non-hydrogen) atoms. The van der Waals surface area contributed by atoms with Crippen LogP contribution in [0.2, 0.25) is 0 Å². The van der Waals surface area contributed by atoms with Gasteiger partial charge in [-0.05, 0) is 38.5 Å². The molecular formula is C13H19NO5S. The summed E-state index contributed by atoms with van der Waals surface area (Å²) in [6, 6.07) is 4.37. The van der Waals surface area contributed by atoms with Gasteiger partial charge in [0, 0.05) is 0 Å². The summed E-state index contributed by atoms with van der Waals surface area (Å²) in [6.07, 6.45) is -0.0379. The number of methoxy groups -OCH3 is 1. The van der Waals surface area contributed by atoms with Crippen LogP contribution in [0.15, 0.2) is 23.1 Å². The number of hydrogen-bond donors (Lipinski definition) is 1. The molecule has 0 bridgehead atoms. The number of carbonyl (C=O) groups is 1. The molecule has 7 heteroatoms. The van der Waals surface area contributed by atoms with E-state index in [0.29, 0.717) is 5.56 Å². The van der Waals surface area contributed by atoms with Crippen molar-refractivity contribution in [1.29, 1.82) is 0 Å². The quantitative estimate of drug-likeness (QED) is 0.844. The summed E-state index contributed by atoms with van der Waals surface area (Å²) < 4.78 is 33.0. The number of ether oxygens (including phenoxy) is 2. The minimum Gasteiger partial charge on any atom is -0.495 e. The Bertz CT molecular complexity index is 602. The average molecular weight is 301 g/mol. The van der Waals surface area contributed by atoms with Crippen molar-refractivity contribution in [3.63, 3.8) is 0 Å². The molecule has 0 saturated heterocycles. The fraction of sp³-hybridized carbons (Fsp3) is 0.462. The van der Waals surface area contributed by atoms with E-state index in [0.717, 1.165) is 0 Å². The van der Waals surface area contributed by atoms with E-state index in [9.17, 15) is 13.2 Å². The summed E-state index contributed by atoms with van der Waals surface area (Å²) in [7, 11) is -2.57. The molecule has 0 atom stereocenters. The SMILES string of the molecule is COc1ccc(CC(=O)OC(C)(C)C)cc1S(N)(=O)=O. The Morgan fingerprint density at radius 3 is 2.35 bits per heavy atom. The summed E-state index contributed by atoms with van der Waals surface area (Å²) in [5, 5.41) is 5.11. The van der Waals surface area contributed by atoms with Gasteiger partial charge in [0.1, 0.15) is 16.2 Å². The van der Waals surface area contributed by atoms with Crippen LogP contribution in [-0.2, 0) is 26.0 Å². The predicted octanol–water partition coefficient (Wildman–Crippen LogP) is 1.23. The lowest BCUT2D eigenvalue weighted by atomic mass is 10.1. The molecule has 0 radical (unpaired) electrons. The van der Waals surface area contributed by atoms with Gasteiger partial charge >= 0.3 is 5.97 Å². The Morgan fingerprint density at radius 2 is 1.90 bits per heavy atom. The smallest absolute Gasteiger partial charge is 0.310 e. The first-order valence-electron chi connectivity index (χ1n) is 5.94. The van der Waals surface area contributed by atoms with Crippen LogP contribution in [0.25, 0.3) is 0 Å². The first-order chi connectivity index (χ1) is 9.03. The van der Waals surface area contributed by atoms with E-state index in [-0.39, 0.29) is 17.1 Å². The molecule has 0 amide bonds. The predicted molar refractivity (Wildman–Crippen MR) is 73.9 cm³/mol. The minimum atomic E-state index is -3.92. The van der Waals surface area contributed by atoms with Crippen molar-refractivity contribution in [3.05, 3.63) is 23.8 Å². The van der Waals surface area contributed by atoms with Crippen LogP contribution in [0.1, 0.15) is 26.3 Å². The van der Waals surface area contributed by atoms with Gasteiger partial charge in [-0.25, -0.2) is 13.6 Å². The molecule has 0 saturated carbocycles. The number of esters is 1. The third-order valence-corrected chi connectivity index (χ3v) is 3.24. The molecule has 112 valence electrons. The molecule has 2 N–H and O–H groups in total. The highest BCUT2D eigenvalue weighted by Gasteiger charge is 2.19. The molecule has 0 aliphatic carbocycles. The highest BCUT2D eigenvalue weighted by Crippen LogP contribution is 2.24. The standard InChI is InChI=1S/C13H19NO5S/c1-13(2,3)19-12(15)8-9-5-6-10(18-4)11(7-9)20(14,16)17/h5-7H,8H2,1-4H3,(H2,14,16,17). The first-order valence-corrected chi connectivity index (χ1v) is 7.49. The summed E-state index contributed by atoms with van der Waals surface area (Å²) in [5.74, 6) is -0.302. The van der Waals surface area contributed by atoms with Gasteiger partial charge in [0.15, 0.2) is 0 Å². The van der Waals surface area contributed by atoms with E-state index in [4.69, 9.17) is 14.6 Å². The second kappa shape index (κ2) is 5.80. The zero-order valence-corrected chi connectivity index (χ0v) is 12.8. The van der Waals surface area contributed by atoms with Crippen molar-refractivity contribution in [2.75, 3.05) is 7.11 Å². The molecular weight excluding hydrogens is 282 g/mol. The second-order valence-electron chi connectivity index (χ2n) is 5.29. The molecule has 1 aromatic rings. The van der Waals surface area contributed by atoms with Crippen molar-refractivity contribution in [2.45, 2.75) is 37.7 Å². The lowest BCUT2D eigenvalue weighted by molar-refractivity contribution is -0.153. The van der Waals surface area contributed by atoms with Gasteiger partial charge in [0.05, 0.1) is 13.5 Å². The molecule has 0 spiro atoms. The number of sulfonamides is 1. The van der Waals surface area contributed by atoms with E-state index in [1.807, 2.05) is 0 Å². The Balaban J connectivity index is 3.02. The van der Waals surface area contributed by atoms with Crippen LogP contribution < -0.4 is 9.88 Å². The van der Waals surface area contributed by atoms with Gasteiger partial charge in [0.2, 0.25) is 10.0 Å². The molecule has 6 nitrogen and oxygen atoms in total. The van der Waals surface area contributed by atoms with Crippen molar-refractivity contribution < 1.29 is 22.7 Å². The first kappa shape index (κ1) is 16.5. The maximum atomic E-state index is 11.7. The molecule has 1 rings (SSSR count). The number of primary sulfonamides is 1. The Morgan fingerprint density at radius 1 is 1.30 bits per heavy atom. The van der Waals surface area contributed by atoms with Crippen LogP contribution in [0, 0.1) is 0 Å². The largest absolute Gasteiger partial charge is 0.495 e. The molecule has 1 aromatic carbocycles. The highest BCUT2D eigenvalue weighted by atomic mass is 32.2. The highest BCUT2D eigenvalue weighted by molar-refractivity contribution is 7.89. The number of hydrogen-bond acceptors (Lipinski definition) is 5. The lowest BCUT2D eigenvalue weighted by Crippen LogP contribution is -2.25. The maximum absolute atomic E-state index is 11.7. The normalized spacial score (nSPS) is 12.1. The van der Waals surface area contributed by atoms with Crippen LogP contribution >= 0.6 is 0 Å². The Hall–Kier alpha value is -1.60. The zero-order valence-electron chi connectivity index (χ0n) is 12.0. The van der Waals surface area contributed by atoms with Gasteiger partial charge in [0.25, 0.3) is 0 Å². The topological polar surface area (TPSA) is 95.7 Å². The van der Waals surface area contributed by atoms with E-state index < -0.39 is 21.6 Å². The number of benzene rings is 1. The van der Waals surface area contributed by atoms with E-state index in [1.165, 1.54) is 19.2 Å². The van der Waals surface area contributed by atoms with Crippen molar-refractivity contribution in [1.82, 2.24) is 0 Å². The third kappa shape index (κ3) is 4.82. The summed E-state index contributed by atoms with van der Waals surface area (Å²) >= 11 is 0. The van der Waals surface area contributed by atoms with E-state index >= 15 is 0 Å². The molecule has 0 heterocycles. The fourth-order valence-corrected chi connectivity index (χ4v) is 2.35. The Labute approximate surface area is 118 Å². The van der Waals surface area contributed by atoms with Gasteiger partial charge in [-0.3, -0.25) is 4.79 Å². The van der Waals surface area contributed by atoms with E-state index in [2.05, 4.69) is 0 Å². The van der Waals surface area contributed by atoms with Gasteiger partial charge < -0.3 is 9.47 Å². The van der Waals surface area contributed by atoms with Gasteiger partial charge in [-0.1, -0.05) is 6.07 Å². The molecule has 0 aromatic heterocycles. The number of carbonyl (C=O) groups excluding carboxylic acids is 1. The second-order valence-corrected chi connectivity index (χ2v) is 6.82. The summed E-state index contributed by atoms with van der Waals surface area (Å²) in [5.41, 5.74) is -0.101. The van der Waals surface area contributed by atoms with Crippen molar-refractivity contribution in [3.8, 4) is 5.75 Å². The number of rotatable bonds is 4. The molecule has 0 aliphatic rings. The number of nitrogens with two attached hydrogens (primary N) is 1. The zero-order chi connectivity index (χ0) is 15.6. The fourth-order valence-electron chi connectivity index (χ4n) is 1.60. The van der Waals surface area contributed by atoms with Crippen LogP contribution in [0.4, 0.5) is 0 Å². The summed E-state index contributed by atoms with van der Waals surface area (Å²) in [6.45, 7) is 5.28. The Kier molecular flexibility index (Phi) is 4.77. The third-order valence-electron chi connectivity index (χ3n) is 2.30. The lowest BCUT2D eigenvalue weighted by Gasteiger charge is -2.19. The minimum absolute atomic E-state index is 0.0379. The molecule has 0 unspecified atom stereocenters. The maximum Gasteiger partial charge on any atom is 0.310 e. The van der Waals surface area contributed by atoms with Crippen LogP contribution in [0.5, 0.6) is 5.75 Å². The van der Waals surface area contributed by atoms with Gasteiger partial charge in [-0.15, -0.1) is 0 Å². The van der Waals surface area contributed by atoms with Crippen LogP contribution in [-0.4, -0.2) is 27.1 Å². The molecule has 0 aliphatic heterocycles. The monoisotopic (exact) mass is 301 g/mol. The van der Waals surface area contributed by atoms with E-state index in [1.54, 1.807) is 26.8 Å².